The minimum atomic E-state index is -1.43. The fourth-order valence-electron chi connectivity index (χ4n) is 3.44. The molecule has 3 N–H and O–H groups in total. The van der Waals surface area contributed by atoms with E-state index in [1.165, 1.54) is 35.5 Å². The van der Waals surface area contributed by atoms with Crippen molar-refractivity contribution >= 4 is 63.5 Å². The van der Waals surface area contributed by atoms with Crippen LogP contribution in [0.5, 0.6) is 0 Å². The summed E-state index contributed by atoms with van der Waals surface area (Å²) in [6.07, 6.45) is 0. The second kappa shape index (κ2) is 12.1. The second-order valence-corrected chi connectivity index (χ2v) is 10.3. The Bertz CT molecular complexity index is 1010. The number of nitrogens with zero attached hydrogens (tertiary/aromatic N) is 3. The van der Waals surface area contributed by atoms with Gasteiger partial charge in [-0.3, -0.25) is 14.5 Å². The number of carbonyl (C=O) groups is 3. The van der Waals surface area contributed by atoms with Crippen LogP contribution < -0.4 is 45.7 Å². The van der Waals surface area contributed by atoms with Crippen LogP contribution >= 0.6 is 34.9 Å². The number of ether oxygens (including phenoxy) is 2. The Balaban J connectivity index is 0.00000324. The Morgan fingerprint density at radius 2 is 2.18 bits per heavy atom. The number of hydrogen-bond donors (Lipinski definition) is 2. The average molecular weight is 538 g/mol. The fraction of sp³-hybridized carbons (Fsp3) is 0.500. The van der Waals surface area contributed by atoms with Gasteiger partial charge in [0.25, 0.3) is 11.8 Å². The SMILES string of the molecule is CO/N=C(\C(=O)NC1C(=O)N2C(C(=O)[O-])=C(SCC3COCOC3)CS[C@H]12)c1csc(N)n1.[Na+]. The summed E-state index contributed by atoms with van der Waals surface area (Å²) in [7, 11) is 1.28. The molecule has 0 aromatic carbocycles. The molecular weight excluding hydrogens is 517 g/mol. The molecule has 34 heavy (non-hydrogen) atoms. The van der Waals surface area contributed by atoms with Gasteiger partial charge in [0.05, 0.1) is 24.9 Å². The van der Waals surface area contributed by atoms with Crippen LogP contribution in [0.3, 0.4) is 0 Å². The summed E-state index contributed by atoms with van der Waals surface area (Å²) in [6, 6.07) is -0.929. The maximum Gasteiger partial charge on any atom is 1.00 e. The van der Waals surface area contributed by atoms with Gasteiger partial charge in [-0.2, -0.15) is 0 Å². The third-order valence-electron chi connectivity index (χ3n) is 4.94. The molecule has 0 radical (unpaired) electrons. The summed E-state index contributed by atoms with van der Waals surface area (Å²) >= 11 is 3.84. The number of carboxylic acid groups (broad SMARTS) is 1. The van der Waals surface area contributed by atoms with Crippen molar-refractivity contribution in [1.29, 1.82) is 0 Å². The summed E-state index contributed by atoms with van der Waals surface area (Å²) in [5.41, 5.74) is 5.54. The maximum atomic E-state index is 12.8. The third kappa shape index (κ3) is 5.73. The minimum absolute atomic E-state index is 0. The minimum Gasteiger partial charge on any atom is -0.543 e. The molecule has 3 aliphatic heterocycles. The van der Waals surface area contributed by atoms with Gasteiger partial charge < -0.3 is 35.3 Å². The summed E-state index contributed by atoms with van der Waals surface area (Å²) < 4.78 is 10.5. The molecule has 2 atom stereocenters. The summed E-state index contributed by atoms with van der Waals surface area (Å²) in [4.78, 5) is 48.0. The van der Waals surface area contributed by atoms with Crippen LogP contribution in [-0.4, -0.2) is 83.4 Å². The van der Waals surface area contributed by atoms with Crippen molar-refractivity contribution in [1.82, 2.24) is 15.2 Å². The number of fused-ring (bicyclic) bond motifs is 1. The molecule has 0 bridgehead atoms. The van der Waals surface area contributed by atoms with Gasteiger partial charge in [0.2, 0.25) is 0 Å². The molecule has 16 heteroatoms. The molecule has 2 saturated heterocycles. The van der Waals surface area contributed by atoms with Gasteiger partial charge in [0.15, 0.2) is 10.8 Å². The number of oxime groups is 1. The van der Waals surface area contributed by atoms with Crippen molar-refractivity contribution in [2.45, 2.75) is 11.4 Å². The molecule has 2 amide bonds. The first-order valence-electron chi connectivity index (χ1n) is 9.71. The maximum absolute atomic E-state index is 12.8. The van der Waals surface area contributed by atoms with Gasteiger partial charge in [0, 0.05) is 27.7 Å². The van der Waals surface area contributed by atoms with Crippen molar-refractivity contribution < 1.29 is 63.4 Å². The number of hydrogen-bond acceptors (Lipinski definition) is 13. The van der Waals surface area contributed by atoms with E-state index in [1.54, 1.807) is 5.38 Å². The molecule has 4 rings (SSSR count). The van der Waals surface area contributed by atoms with Crippen molar-refractivity contribution in [3.05, 3.63) is 21.7 Å². The van der Waals surface area contributed by atoms with Crippen molar-refractivity contribution in [2.75, 3.05) is 44.4 Å². The first kappa shape index (κ1) is 27.3. The van der Waals surface area contributed by atoms with Crippen LogP contribution in [-0.2, 0) is 28.7 Å². The van der Waals surface area contributed by atoms with E-state index in [1.807, 2.05) is 0 Å². The van der Waals surface area contributed by atoms with Crippen molar-refractivity contribution in [3.8, 4) is 0 Å². The summed E-state index contributed by atoms with van der Waals surface area (Å²) in [6.45, 7) is 1.32. The number of aromatic nitrogens is 1. The van der Waals surface area contributed by atoms with Gasteiger partial charge >= 0.3 is 29.6 Å². The van der Waals surface area contributed by atoms with E-state index in [0.29, 0.717) is 29.6 Å². The van der Waals surface area contributed by atoms with Crippen LogP contribution in [0.25, 0.3) is 0 Å². The van der Waals surface area contributed by atoms with Crippen LogP contribution in [0.1, 0.15) is 5.69 Å². The standard InChI is InChI=1S/C18H21N5O7S3.Na/c1-28-22-11(9-5-33-18(19)20-9)14(24)21-12-15(25)23-13(17(26)27)10(6-32-16(12)23)31-4-8-2-29-7-30-3-8;/h5,8,12,16H,2-4,6-7H2,1H3,(H2,19,20)(H,21,24)(H,26,27);/q;+1/p-1/b22-11-;/t12?,16-;/m1./s1. The van der Waals surface area contributed by atoms with E-state index in [0.717, 1.165) is 11.3 Å². The van der Waals surface area contributed by atoms with Gasteiger partial charge in [-0.1, -0.05) is 5.16 Å². The number of β-lactam (4-membered cyclic amide) rings is 1. The molecule has 1 unspecified atom stereocenters. The fourth-order valence-corrected chi connectivity index (χ4v) is 6.67. The number of nitrogen functional groups attached to an aromatic ring is 1. The number of thioether (sulfide) groups is 2. The molecule has 2 fully saturated rings. The van der Waals surface area contributed by atoms with E-state index < -0.39 is 29.2 Å². The van der Waals surface area contributed by atoms with Crippen LogP contribution in [0.4, 0.5) is 5.13 Å². The number of carboxylic acids is 1. The molecule has 1 aromatic heterocycles. The van der Waals surface area contributed by atoms with Crippen LogP contribution in [0, 0.1) is 5.92 Å². The Hall–Kier alpha value is -1.33. The first-order valence-corrected chi connectivity index (χ1v) is 12.6. The molecule has 12 nitrogen and oxygen atoms in total. The third-order valence-corrected chi connectivity index (χ3v) is 8.40. The largest absolute Gasteiger partial charge is 1.00 e. The van der Waals surface area contributed by atoms with Crippen molar-refractivity contribution in [3.63, 3.8) is 0 Å². The van der Waals surface area contributed by atoms with Gasteiger partial charge in [-0.05, 0) is 0 Å². The molecule has 178 valence electrons. The van der Waals surface area contributed by atoms with E-state index in [-0.39, 0.29) is 64.5 Å². The Morgan fingerprint density at radius 1 is 1.44 bits per heavy atom. The molecule has 4 heterocycles. The monoisotopic (exact) mass is 537 g/mol. The Labute approximate surface area is 229 Å². The smallest absolute Gasteiger partial charge is 0.543 e. The number of rotatable bonds is 8. The predicted octanol–water partition coefficient (Wildman–Crippen LogP) is -4.21. The van der Waals surface area contributed by atoms with E-state index >= 15 is 0 Å². The summed E-state index contributed by atoms with van der Waals surface area (Å²) in [5, 5.41) is 19.4. The zero-order chi connectivity index (χ0) is 23.5. The van der Waals surface area contributed by atoms with E-state index in [9.17, 15) is 19.5 Å². The number of carbonyl (C=O) groups excluding carboxylic acids is 3. The van der Waals surface area contributed by atoms with Gasteiger partial charge in [-0.15, -0.1) is 34.9 Å². The van der Waals surface area contributed by atoms with Crippen LogP contribution in [0.2, 0.25) is 0 Å². The number of aliphatic carboxylic acids is 1. The normalized spacial score (nSPS) is 23.0. The number of nitrogens with one attached hydrogen (secondary N) is 1. The molecule has 0 aliphatic carbocycles. The predicted molar refractivity (Wildman–Crippen MR) is 120 cm³/mol. The quantitative estimate of drug-likeness (QED) is 0.143. The molecule has 0 saturated carbocycles. The van der Waals surface area contributed by atoms with Gasteiger partial charge in [0.1, 0.15) is 31.0 Å². The molecular formula is C18H20N5NaO7S3. The summed E-state index contributed by atoms with van der Waals surface area (Å²) in [5.74, 6) is -1.58. The second-order valence-electron chi connectivity index (χ2n) is 7.15. The average Bonchev–Trinajstić information content (AvgIpc) is 3.25. The number of anilines is 1. The Kier molecular flexibility index (Phi) is 9.68. The topological polar surface area (TPSA) is 168 Å². The molecule has 0 spiro atoms. The molecule has 3 aliphatic rings. The Morgan fingerprint density at radius 3 is 2.79 bits per heavy atom. The van der Waals surface area contributed by atoms with Crippen molar-refractivity contribution in [2.24, 2.45) is 11.1 Å². The number of amides is 2. The molecule has 1 aromatic rings. The first-order chi connectivity index (χ1) is 15.9. The van der Waals surface area contributed by atoms with E-state index in [4.69, 9.17) is 20.0 Å². The van der Waals surface area contributed by atoms with Crippen LogP contribution in [0.15, 0.2) is 21.1 Å². The number of thiazole rings is 1. The number of nitrogens with two attached hydrogens (primary N) is 1. The van der Waals surface area contributed by atoms with Gasteiger partial charge in [-0.25, -0.2) is 4.98 Å². The zero-order valence-electron chi connectivity index (χ0n) is 18.3. The van der Waals surface area contributed by atoms with E-state index in [2.05, 4.69) is 15.5 Å². The zero-order valence-corrected chi connectivity index (χ0v) is 22.8.